The van der Waals surface area contributed by atoms with E-state index >= 15 is 0 Å². The molecule has 0 bridgehead atoms. The molecule has 0 aliphatic rings. The first kappa shape index (κ1) is 20.0. The van der Waals surface area contributed by atoms with Crippen molar-refractivity contribution >= 4 is 28.7 Å². The summed E-state index contributed by atoms with van der Waals surface area (Å²) in [6.45, 7) is 1.94. The van der Waals surface area contributed by atoms with E-state index in [9.17, 15) is 19.6 Å². The molecule has 0 saturated heterocycles. The van der Waals surface area contributed by atoms with Crippen LogP contribution in [-0.2, 0) is 0 Å². The van der Waals surface area contributed by atoms with Crippen LogP contribution in [0, 0.1) is 15.9 Å². The predicted molar refractivity (Wildman–Crippen MR) is 113 cm³/mol. The van der Waals surface area contributed by atoms with Crippen LogP contribution in [0.5, 0.6) is 11.5 Å². The van der Waals surface area contributed by atoms with Gasteiger partial charge in [-0.2, -0.15) is 0 Å². The lowest BCUT2D eigenvalue weighted by molar-refractivity contribution is -0.385. The van der Waals surface area contributed by atoms with Gasteiger partial charge in [-0.1, -0.05) is 6.07 Å². The number of nitro groups is 1. The van der Waals surface area contributed by atoms with E-state index in [2.05, 4.69) is 9.98 Å². The van der Waals surface area contributed by atoms with Gasteiger partial charge in [-0.15, -0.1) is 0 Å². The summed E-state index contributed by atoms with van der Waals surface area (Å²) in [6, 6.07) is 13.3. The highest BCUT2D eigenvalue weighted by Gasteiger charge is 2.16. The van der Waals surface area contributed by atoms with Gasteiger partial charge in [0, 0.05) is 23.4 Å². The van der Waals surface area contributed by atoms with Gasteiger partial charge in [0.15, 0.2) is 17.1 Å². The molecule has 0 saturated carbocycles. The smallest absolute Gasteiger partial charge is 0.274 e. The second-order valence-corrected chi connectivity index (χ2v) is 6.51. The Bertz CT molecular complexity index is 1320. The lowest BCUT2D eigenvalue weighted by Crippen LogP contribution is -1.97. The number of oxazole rings is 1. The van der Waals surface area contributed by atoms with Crippen molar-refractivity contribution in [2.24, 2.45) is 4.99 Å². The zero-order chi connectivity index (χ0) is 22.0. The quantitative estimate of drug-likeness (QED) is 0.254. The molecule has 0 unspecified atom stereocenters. The Morgan fingerprint density at radius 1 is 1.26 bits per heavy atom. The Kier molecular flexibility index (Phi) is 5.31. The molecule has 4 aromatic rings. The second kappa shape index (κ2) is 8.23. The maximum absolute atomic E-state index is 13.5. The zero-order valence-corrected chi connectivity index (χ0v) is 16.3. The van der Waals surface area contributed by atoms with E-state index < -0.39 is 10.7 Å². The van der Waals surface area contributed by atoms with E-state index in [1.807, 2.05) is 0 Å². The van der Waals surface area contributed by atoms with Crippen molar-refractivity contribution in [2.75, 3.05) is 6.61 Å². The van der Waals surface area contributed by atoms with Gasteiger partial charge in [0.05, 0.1) is 23.3 Å². The van der Waals surface area contributed by atoms with Crippen molar-refractivity contribution in [2.45, 2.75) is 6.92 Å². The third-order valence-corrected chi connectivity index (χ3v) is 4.40. The first-order valence-electron chi connectivity index (χ1n) is 9.29. The van der Waals surface area contributed by atoms with Crippen molar-refractivity contribution in [3.8, 4) is 23.0 Å². The number of hydrogen-bond acceptors (Lipinski definition) is 7. The lowest BCUT2D eigenvalue weighted by atomic mass is 10.1. The second-order valence-electron chi connectivity index (χ2n) is 6.51. The molecule has 0 aliphatic carbocycles. The summed E-state index contributed by atoms with van der Waals surface area (Å²) < 4.78 is 24.4. The van der Waals surface area contributed by atoms with Crippen molar-refractivity contribution in [1.82, 2.24) is 4.98 Å². The van der Waals surface area contributed by atoms with Gasteiger partial charge in [-0.05, 0) is 43.3 Å². The molecule has 1 N–H and O–H groups in total. The fourth-order valence-corrected chi connectivity index (χ4v) is 2.97. The molecule has 0 fully saturated rings. The monoisotopic (exact) mass is 421 g/mol. The third kappa shape index (κ3) is 4.20. The van der Waals surface area contributed by atoms with Gasteiger partial charge in [-0.3, -0.25) is 15.1 Å². The number of ether oxygens (including phenoxy) is 1. The highest BCUT2D eigenvalue weighted by atomic mass is 19.1. The summed E-state index contributed by atoms with van der Waals surface area (Å²) in [5.41, 5.74) is 1.90. The van der Waals surface area contributed by atoms with Gasteiger partial charge in [0.1, 0.15) is 11.3 Å². The molecule has 0 amide bonds. The highest BCUT2D eigenvalue weighted by molar-refractivity contribution is 5.89. The number of nitrogens with zero attached hydrogens (tertiary/aromatic N) is 3. The largest absolute Gasteiger partial charge is 0.504 e. The average Bonchev–Trinajstić information content (AvgIpc) is 3.18. The van der Waals surface area contributed by atoms with Crippen LogP contribution in [-0.4, -0.2) is 27.8 Å². The predicted octanol–water partition coefficient (Wildman–Crippen LogP) is 5.40. The van der Waals surface area contributed by atoms with Crippen molar-refractivity contribution in [3.05, 3.63) is 76.1 Å². The molecule has 0 atom stereocenters. The molecule has 0 radical (unpaired) electrons. The van der Waals surface area contributed by atoms with Crippen LogP contribution in [0.25, 0.3) is 22.6 Å². The van der Waals surface area contributed by atoms with E-state index in [0.717, 1.165) is 6.07 Å². The molecule has 3 aromatic carbocycles. The van der Waals surface area contributed by atoms with Crippen LogP contribution in [0.3, 0.4) is 0 Å². The summed E-state index contributed by atoms with van der Waals surface area (Å²) in [6.07, 6.45) is 1.31. The number of aromatic hydroxyl groups is 1. The van der Waals surface area contributed by atoms with Crippen molar-refractivity contribution in [3.63, 3.8) is 0 Å². The van der Waals surface area contributed by atoms with E-state index in [1.165, 1.54) is 24.4 Å². The number of phenols is 1. The minimum Gasteiger partial charge on any atom is -0.504 e. The van der Waals surface area contributed by atoms with Crippen LogP contribution in [0.2, 0.25) is 0 Å². The number of rotatable bonds is 6. The number of nitro benzene ring substituents is 1. The van der Waals surface area contributed by atoms with Gasteiger partial charge < -0.3 is 14.3 Å². The third-order valence-electron chi connectivity index (χ3n) is 4.40. The van der Waals surface area contributed by atoms with Gasteiger partial charge >= 0.3 is 0 Å². The van der Waals surface area contributed by atoms with E-state index in [0.29, 0.717) is 22.4 Å². The number of aliphatic imine (C=N–C) groups is 1. The standard InChI is InChI=1S/C22H16FN3O5/c1-2-30-20-11-17(26(28)29)9-14(21(20)27)12-24-16-6-7-19-18(10-16)25-22(31-19)13-4-3-5-15(23)8-13/h3-12,27H,2H2,1H3. The molecule has 31 heavy (non-hydrogen) atoms. The van der Waals surface area contributed by atoms with Crippen LogP contribution >= 0.6 is 0 Å². The summed E-state index contributed by atoms with van der Waals surface area (Å²) in [4.78, 5) is 19.2. The SMILES string of the molecule is CCOc1cc([N+](=O)[O-])cc(C=Nc2ccc3oc(-c4cccc(F)c4)nc3c2)c1O. The topological polar surface area (TPSA) is 111 Å². The Labute approximate surface area is 175 Å². The first-order chi connectivity index (χ1) is 14.9. The molecule has 1 aromatic heterocycles. The Morgan fingerprint density at radius 2 is 2.10 bits per heavy atom. The maximum atomic E-state index is 13.5. The van der Waals surface area contributed by atoms with E-state index in [-0.39, 0.29) is 35.2 Å². The van der Waals surface area contributed by atoms with E-state index in [1.54, 1.807) is 37.3 Å². The van der Waals surface area contributed by atoms with Crippen LogP contribution in [0.15, 0.2) is 64.0 Å². The van der Waals surface area contributed by atoms with Crippen LogP contribution in [0.4, 0.5) is 15.8 Å². The number of aromatic nitrogens is 1. The van der Waals surface area contributed by atoms with Gasteiger partial charge in [-0.25, -0.2) is 9.37 Å². The summed E-state index contributed by atoms with van der Waals surface area (Å²) in [5.74, 6) is -0.363. The fraction of sp³-hybridized carbons (Fsp3) is 0.0909. The molecule has 0 aliphatic heterocycles. The minimum atomic E-state index is -0.575. The summed E-state index contributed by atoms with van der Waals surface area (Å²) in [5, 5.41) is 21.5. The molecular formula is C22H16FN3O5. The van der Waals surface area contributed by atoms with Crippen LogP contribution in [0.1, 0.15) is 12.5 Å². The number of non-ortho nitro benzene ring substituents is 1. The molecule has 4 rings (SSSR count). The number of fused-ring (bicyclic) bond motifs is 1. The van der Waals surface area contributed by atoms with Gasteiger partial charge in [0.2, 0.25) is 5.89 Å². The van der Waals surface area contributed by atoms with Crippen molar-refractivity contribution < 1.29 is 23.6 Å². The van der Waals surface area contributed by atoms with Crippen molar-refractivity contribution in [1.29, 1.82) is 0 Å². The summed E-state index contributed by atoms with van der Waals surface area (Å²) in [7, 11) is 0. The number of phenolic OH excluding ortho intramolecular Hbond substituents is 1. The fourth-order valence-electron chi connectivity index (χ4n) is 2.97. The van der Waals surface area contributed by atoms with Gasteiger partial charge in [0.25, 0.3) is 5.69 Å². The Balaban J connectivity index is 1.68. The highest BCUT2D eigenvalue weighted by Crippen LogP contribution is 2.34. The normalized spacial score (nSPS) is 11.3. The Hall–Kier alpha value is -4.27. The molecule has 0 spiro atoms. The number of benzene rings is 3. The molecule has 156 valence electrons. The van der Waals surface area contributed by atoms with E-state index in [4.69, 9.17) is 9.15 Å². The molecular weight excluding hydrogens is 405 g/mol. The summed E-state index contributed by atoms with van der Waals surface area (Å²) >= 11 is 0. The lowest BCUT2D eigenvalue weighted by Gasteiger charge is -2.07. The minimum absolute atomic E-state index is 0.00448. The Morgan fingerprint density at radius 3 is 2.84 bits per heavy atom. The first-order valence-corrected chi connectivity index (χ1v) is 9.29. The molecule has 9 heteroatoms. The maximum Gasteiger partial charge on any atom is 0.274 e. The number of hydrogen-bond donors (Lipinski definition) is 1. The zero-order valence-electron chi connectivity index (χ0n) is 16.3. The molecule has 8 nitrogen and oxygen atoms in total. The average molecular weight is 421 g/mol. The molecule has 1 heterocycles. The van der Waals surface area contributed by atoms with Crippen LogP contribution < -0.4 is 4.74 Å². The number of halogens is 1.